The van der Waals surface area contributed by atoms with E-state index in [1.165, 1.54) is 0 Å². The molecule has 21 heavy (non-hydrogen) atoms. The summed E-state index contributed by atoms with van der Waals surface area (Å²) < 4.78 is 13.5. The van der Waals surface area contributed by atoms with Crippen LogP contribution in [0, 0.1) is 0 Å². The van der Waals surface area contributed by atoms with Gasteiger partial charge in [-0.3, -0.25) is 0 Å². The molecule has 0 aliphatic carbocycles. The molecule has 0 amide bonds. The maximum absolute atomic E-state index is 6.20. The number of anilines is 1. The molecule has 5 nitrogen and oxygen atoms in total. The van der Waals surface area contributed by atoms with Crippen LogP contribution >= 0.6 is 15.9 Å². The number of rotatable bonds is 5. The van der Waals surface area contributed by atoms with Gasteiger partial charge in [0.1, 0.15) is 17.3 Å². The Bertz CT molecular complexity index is 653. The second kappa shape index (κ2) is 6.39. The van der Waals surface area contributed by atoms with Crippen molar-refractivity contribution in [1.82, 2.24) is 9.55 Å². The first-order valence-corrected chi connectivity index (χ1v) is 7.55. The predicted molar refractivity (Wildman–Crippen MR) is 87.9 cm³/mol. The van der Waals surface area contributed by atoms with Gasteiger partial charge in [0.2, 0.25) is 0 Å². The van der Waals surface area contributed by atoms with Gasteiger partial charge in [0.15, 0.2) is 11.5 Å². The smallest absolute Gasteiger partial charge is 0.161 e. The minimum absolute atomic E-state index is 0.645. The number of aromatic nitrogens is 2. The number of halogens is 1. The average Bonchev–Trinajstić information content (AvgIpc) is 2.76. The zero-order valence-electron chi connectivity index (χ0n) is 12.7. The summed E-state index contributed by atoms with van der Waals surface area (Å²) in [4.78, 5) is 4.67. The molecule has 2 aromatic rings. The Morgan fingerprint density at radius 1 is 1.24 bits per heavy atom. The van der Waals surface area contributed by atoms with E-state index in [0.29, 0.717) is 17.3 Å². The zero-order chi connectivity index (χ0) is 15.6. The quantitative estimate of drug-likeness (QED) is 0.894. The third-order valence-electron chi connectivity index (χ3n) is 3.43. The highest BCUT2D eigenvalue weighted by Crippen LogP contribution is 2.40. The first kappa shape index (κ1) is 15.7. The summed E-state index contributed by atoms with van der Waals surface area (Å²) in [5.74, 6) is 2.94. The lowest BCUT2D eigenvalue weighted by molar-refractivity contribution is 0.355. The van der Waals surface area contributed by atoms with Crippen molar-refractivity contribution in [2.24, 2.45) is 7.05 Å². The third kappa shape index (κ3) is 2.85. The first-order chi connectivity index (χ1) is 10.0. The molecule has 0 saturated carbocycles. The Kier molecular flexibility index (Phi) is 4.77. The van der Waals surface area contributed by atoms with Gasteiger partial charge in [-0.1, -0.05) is 6.92 Å². The Balaban J connectivity index is 2.59. The molecule has 0 aliphatic rings. The van der Waals surface area contributed by atoms with Crippen LogP contribution in [0.15, 0.2) is 16.6 Å². The Morgan fingerprint density at radius 3 is 2.43 bits per heavy atom. The van der Waals surface area contributed by atoms with Crippen LogP contribution in [0.4, 0.5) is 5.82 Å². The Morgan fingerprint density at radius 2 is 1.86 bits per heavy atom. The largest absolute Gasteiger partial charge is 0.493 e. The average molecular weight is 354 g/mol. The number of methoxy groups -OCH3 is 2. The molecule has 114 valence electrons. The van der Waals surface area contributed by atoms with E-state index < -0.39 is 0 Å². The van der Waals surface area contributed by atoms with E-state index >= 15 is 0 Å². The fourth-order valence-electron chi connectivity index (χ4n) is 2.24. The van der Waals surface area contributed by atoms with E-state index in [9.17, 15) is 0 Å². The van der Waals surface area contributed by atoms with Gasteiger partial charge in [0, 0.05) is 23.5 Å². The number of imidazole rings is 1. The molecule has 0 saturated heterocycles. The lowest BCUT2D eigenvalue weighted by Gasteiger charge is -2.11. The number of aryl methyl sites for hydroxylation is 1. The van der Waals surface area contributed by atoms with Gasteiger partial charge in [-0.15, -0.1) is 0 Å². The molecular formula is C15H20BrN3O2. The standard InChI is InChI=1S/C15H20BrN3O2/c1-5-6-13-18-14(15(17)19(13)2)9-7-11(20-3)12(21-4)8-10(9)16/h7-8H,5-6,17H2,1-4H3. The molecule has 1 heterocycles. The lowest BCUT2D eigenvalue weighted by atomic mass is 10.1. The summed E-state index contributed by atoms with van der Waals surface area (Å²) in [7, 11) is 5.16. The molecule has 0 fully saturated rings. The number of nitrogens with two attached hydrogens (primary N) is 1. The molecule has 2 rings (SSSR count). The first-order valence-electron chi connectivity index (χ1n) is 6.76. The van der Waals surface area contributed by atoms with Crippen LogP contribution in [0.3, 0.4) is 0 Å². The zero-order valence-corrected chi connectivity index (χ0v) is 14.3. The van der Waals surface area contributed by atoms with Crippen LogP contribution in [0.2, 0.25) is 0 Å². The van der Waals surface area contributed by atoms with E-state index in [1.54, 1.807) is 14.2 Å². The summed E-state index contributed by atoms with van der Waals surface area (Å²) >= 11 is 3.55. The third-order valence-corrected chi connectivity index (χ3v) is 4.09. The molecular weight excluding hydrogens is 334 g/mol. The van der Waals surface area contributed by atoms with Crippen molar-refractivity contribution in [2.75, 3.05) is 20.0 Å². The number of nitrogen functional groups attached to an aromatic ring is 1. The number of ether oxygens (including phenoxy) is 2. The minimum atomic E-state index is 0.645. The van der Waals surface area contributed by atoms with Crippen molar-refractivity contribution in [2.45, 2.75) is 19.8 Å². The molecule has 1 aromatic heterocycles. The molecule has 2 N–H and O–H groups in total. The second-order valence-corrected chi connectivity index (χ2v) is 5.61. The number of nitrogens with zero attached hydrogens (tertiary/aromatic N) is 2. The number of hydrogen-bond acceptors (Lipinski definition) is 4. The fourth-order valence-corrected chi connectivity index (χ4v) is 2.75. The maximum Gasteiger partial charge on any atom is 0.161 e. The van der Waals surface area contributed by atoms with E-state index in [-0.39, 0.29) is 0 Å². The van der Waals surface area contributed by atoms with Crippen molar-refractivity contribution in [3.8, 4) is 22.8 Å². The second-order valence-electron chi connectivity index (χ2n) is 4.76. The Hall–Kier alpha value is -1.69. The topological polar surface area (TPSA) is 62.3 Å². The summed E-state index contributed by atoms with van der Waals surface area (Å²) in [6.07, 6.45) is 1.92. The van der Waals surface area contributed by atoms with Gasteiger partial charge < -0.3 is 19.8 Å². The van der Waals surface area contributed by atoms with Crippen molar-refractivity contribution in [3.05, 3.63) is 22.4 Å². The van der Waals surface area contributed by atoms with E-state index in [1.807, 2.05) is 23.7 Å². The van der Waals surface area contributed by atoms with Crippen molar-refractivity contribution >= 4 is 21.7 Å². The van der Waals surface area contributed by atoms with Crippen LogP contribution < -0.4 is 15.2 Å². The van der Waals surface area contributed by atoms with Crippen LogP contribution in [0.5, 0.6) is 11.5 Å². The van der Waals surface area contributed by atoms with E-state index in [2.05, 4.69) is 27.8 Å². The fraction of sp³-hybridized carbons (Fsp3) is 0.400. The summed E-state index contributed by atoms with van der Waals surface area (Å²) in [6.45, 7) is 2.12. The van der Waals surface area contributed by atoms with Gasteiger partial charge in [0.05, 0.1) is 14.2 Å². The van der Waals surface area contributed by atoms with E-state index in [0.717, 1.165) is 34.4 Å². The van der Waals surface area contributed by atoms with Gasteiger partial charge in [-0.2, -0.15) is 0 Å². The van der Waals surface area contributed by atoms with Crippen molar-refractivity contribution < 1.29 is 9.47 Å². The summed E-state index contributed by atoms with van der Waals surface area (Å²) in [5, 5.41) is 0. The van der Waals surface area contributed by atoms with E-state index in [4.69, 9.17) is 15.2 Å². The number of benzene rings is 1. The SMILES string of the molecule is CCCc1nc(-c2cc(OC)c(OC)cc2Br)c(N)n1C. The van der Waals surface area contributed by atoms with Crippen LogP contribution in [0.25, 0.3) is 11.3 Å². The molecule has 6 heteroatoms. The highest BCUT2D eigenvalue weighted by molar-refractivity contribution is 9.10. The molecule has 0 aliphatic heterocycles. The molecule has 0 radical (unpaired) electrons. The van der Waals surface area contributed by atoms with Crippen molar-refractivity contribution in [3.63, 3.8) is 0 Å². The predicted octanol–water partition coefficient (Wildman–Crippen LogP) is 3.40. The van der Waals surface area contributed by atoms with Crippen LogP contribution in [0.1, 0.15) is 19.2 Å². The molecule has 0 spiro atoms. The van der Waals surface area contributed by atoms with Crippen LogP contribution in [-0.2, 0) is 13.5 Å². The lowest BCUT2D eigenvalue weighted by Crippen LogP contribution is -2.01. The molecule has 0 unspecified atom stereocenters. The normalized spacial score (nSPS) is 10.7. The monoisotopic (exact) mass is 353 g/mol. The van der Waals surface area contributed by atoms with Crippen molar-refractivity contribution in [1.29, 1.82) is 0 Å². The summed E-state index contributed by atoms with van der Waals surface area (Å²) in [6, 6.07) is 3.75. The Labute approximate surface area is 133 Å². The van der Waals surface area contributed by atoms with Gasteiger partial charge >= 0.3 is 0 Å². The molecule has 0 bridgehead atoms. The number of hydrogen-bond donors (Lipinski definition) is 1. The molecule has 1 aromatic carbocycles. The maximum atomic E-state index is 6.20. The summed E-state index contributed by atoms with van der Waals surface area (Å²) in [5.41, 5.74) is 7.85. The molecule has 0 atom stereocenters. The van der Waals surface area contributed by atoms with Gasteiger partial charge in [-0.25, -0.2) is 4.98 Å². The highest BCUT2D eigenvalue weighted by Gasteiger charge is 2.18. The van der Waals surface area contributed by atoms with Crippen LogP contribution in [-0.4, -0.2) is 23.8 Å². The highest BCUT2D eigenvalue weighted by atomic mass is 79.9. The van der Waals surface area contributed by atoms with Gasteiger partial charge in [0.25, 0.3) is 0 Å². The minimum Gasteiger partial charge on any atom is -0.493 e. The van der Waals surface area contributed by atoms with Gasteiger partial charge in [-0.05, 0) is 34.5 Å².